The van der Waals surface area contributed by atoms with Gasteiger partial charge >= 0.3 is 0 Å². The van der Waals surface area contributed by atoms with Crippen LogP contribution in [0.5, 0.6) is 0 Å². The van der Waals surface area contributed by atoms with Crippen molar-refractivity contribution in [2.75, 3.05) is 0 Å². The molecule has 0 aliphatic heterocycles. The van der Waals surface area contributed by atoms with Crippen molar-refractivity contribution in [2.24, 2.45) is 0 Å². The molecule has 0 saturated carbocycles. The van der Waals surface area contributed by atoms with Gasteiger partial charge in [0, 0.05) is 16.4 Å². The minimum atomic E-state index is 0.224. The zero-order valence-electron chi connectivity index (χ0n) is 8.37. The molecule has 2 rings (SSSR count). The summed E-state index contributed by atoms with van der Waals surface area (Å²) in [6.45, 7) is 0. The number of pyridine rings is 1. The van der Waals surface area contributed by atoms with Crippen LogP contribution >= 0.6 is 15.9 Å². The number of nitrogens with zero attached hydrogens (tertiary/aromatic N) is 1. The van der Waals surface area contributed by atoms with Crippen molar-refractivity contribution in [3.8, 4) is 0 Å². The molecule has 3 heteroatoms. The topological polar surface area (TPSA) is 30.0 Å². The van der Waals surface area contributed by atoms with E-state index in [0.29, 0.717) is 6.42 Å². The van der Waals surface area contributed by atoms with Gasteiger partial charge < -0.3 is 0 Å². The zero-order chi connectivity index (χ0) is 10.7. The van der Waals surface area contributed by atoms with Crippen molar-refractivity contribution in [2.45, 2.75) is 25.7 Å². The fraction of sp³-hybridized carbons (Fsp3) is 0.333. The second kappa shape index (κ2) is 4.71. The Morgan fingerprint density at radius 1 is 1.47 bits per heavy atom. The van der Waals surface area contributed by atoms with Gasteiger partial charge in [-0.25, -0.2) is 0 Å². The van der Waals surface area contributed by atoms with Gasteiger partial charge in [0.15, 0.2) is 5.78 Å². The first-order chi connectivity index (χ1) is 7.25. The highest BCUT2D eigenvalue weighted by Gasteiger charge is 2.13. The molecular weight excluding hydrogens is 254 g/mol. The third-order valence-corrected chi connectivity index (χ3v) is 3.00. The van der Waals surface area contributed by atoms with Gasteiger partial charge in [0.1, 0.15) is 0 Å². The molecule has 0 fully saturated rings. The maximum atomic E-state index is 11.8. The molecule has 1 aromatic rings. The average molecular weight is 266 g/mol. The number of aromatic nitrogens is 1. The summed E-state index contributed by atoms with van der Waals surface area (Å²) in [5.41, 5.74) is 1.83. The third-order valence-electron chi connectivity index (χ3n) is 2.53. The summed E-state index contributed by atoms with van der Waals surface area (Å²) in [5, 5.41) is 0. The second-order valence-electron chi connectivity index (χ2n) is 3.69. The van der Waals surface area contributed by atoms with E-state index >= 15 is 0 Å². The summed E-state index contributed by atoms with van der Waals surface area (Å²) in [6.07, 6.45) is 7.32. The molecule has 1 aromatic heterocycles. The Kier molecular flexibility index (Phi) is 3.31. The number of rotatable bonds is 3. The summed E-state index contributed by atoms with van der Waals surface area (Å²) in [6, 6.07) is 3.80. The van der Waals surface area contributed by atoms with E-state index in [1.54, 1.807) is 6.20 Å². The number of carbonyl (C=O) groups is 1. The first-order valence-corrected chi connectivity index (χ1v) is 5.87. The maximum absolute atomic E-state index is 11.8. The van der Waals surface area contributed by atoms with Crippen molar-refractivity contribution < 1.29 is 4.79 Å². The molecule has 78 valence electrons. The summed E-state index contributed by atoms with van der Waals surface area (Å²) in [7, 11) is 0. The number of ketones is 1. The second-order valence-corrected chi connectivity index (χ2v) is 4.60. The predicted molar refractivity (Wildman–Crippen MR) is 62.6 cm³/mol. The van der Waals surface area contributed by atoms with Crippen molar-refractivity contribution in [1.82, 2.24) is 4.98 Å². The molecule has 0 N–H and O–H groups in total. The van der Waals surface area contributed by atoms with Gasteiger partial charge in [-0.15, -0.1) is 0 Å². The number of allylic oxidation sites excluding steroid dienone is 2. The van der Waals surface area contributed by atoms with Gasteiger partial charge in [-0.3, -0.25) is 9.78 Å². The SMILES string of the molecule is O=C(Cc1ccc(Br)cn1)C1=CCCC1. The van der Waals surface area contributed by atoms with Crippen LogP contribution in [0, 0.1) is 0 Å². The Labute approximate surface area is 97.5 Å². The minimum absolute atomic E-state index is 0.224. The number of hydrogen-bond acceptors (Lipinski definition) is 2. The molecule has 0 amide bonds. The van der Waals surface area contributed by atoms with Crippen molar-refractivity contribution >= 4 is 21.7 Å². The van der Waals surface area contributed by atoms with Crippen LogP contribution in [0.1, 0.15) is 25.0 Å². The lowest BCUT2D eigenvalue weighted by molar-refractivity contribution is -0.115. The van der Waals surface area contributed by atoms with Gasteiger partial charge in [-0.05, 0) is 52.9 Å². The first kappa shape index (κ1) is 10.6. The molecule has 0 saturated heterocycles. The Hall–Kier alpha value is -0.960. The van der Waals surface area contributed by atoms with Gasteiger partial charge in [-0.2, -0.15) is 0 Å². The van der Waals surface area contributed by atoms with Crippen LogP contribution in [-0.2, 0) is 11.2 Å². The van der Waals surface area contributed by atoms with Gasteiger partial charge in [0.05, 0.1) is 6.42 Å². The molecular formula is C12H12BrNO. The van der Waals surface area contributed by atoms with E-state index in [2.05, 4.69) is 27.0 Å². The molecule has 2 nitrogen and oxygen atoms in total. The van der Waals surface area contributed by atoms with Crippen LogP contribution in [0.4, 0.5) is 0 Å². The predicted octanol–water partition coefficient (Wildman–Crippen LogP) is 3.07. The average Bonchev–Trinajstić information content (AvgIpc) is 2.74. The highest BCUT2D eigenvalue weighted by atomic mass is 79.9. The third kappa shape index (κ3) is 2.75. The van der Waals surface area contributed by atoms with E-state index in [1.165, 1.54) is 0 Å². The lowest BCUT2D eigenvalue weighted by Gasteiger charge is -2.01. The molecule has 0 radical (unpaired) electrons. The minimum Gasteiger partial charge on any atom is -0.294 e. The zero-order valence-corrected chi connectivity index (χ0v) is 9.96. The van der Waals surface area contributed by atoms with Crippen molar-refractivity contribution in [3.05, 3.63) is 40.1 Å². The smallest absolute Gasteiger partial charge is 0.164 e. The Morgan fingerprint density at radius 3 is 2.93 bits per heavy atom. The highest BCUT2D eigenvalue weighted by molar-refractivity contribution is 9.10. The van der Waals surface area contributed by atoms with Crippen LogP contribution < -0.4 is 0 Å². The Balaban J connectivity index is 2.02. The fourth-order valence-electron chi connectivity index (χ4n) is 1.71. The van der Waals surface area contributed by atoms with E-state index in [0.717, 1.165) is 35.0 Å². The van der Waals surface area contributed by atoms with E-state index in [1.807, 2.05) is 12.1 Å². The van der Waals surface area contributed by atoms with E-state index in [-0.39, 0.29) is 5.78 Å². The monoisotopic (exact) mass is 265 g/mol. The first-order valence-electron chi connectivity index (χ1n) is 5.08. The lowest BCUT2D eigenvalue weighted by atomic mass is 10.1. The van der Waals surface area contributed by atoms with E-state index in [9.17, 15) is 4.79 Å². The molecule has 0 bridgehead atoms. The highest BCUT2D eigenvalue weighted by Crippen LogP contribution is 2.19. The largest absolute Gasteiger partial charge is 0.294 e. The van der Waals surface area contributed by atoms with Crippen molar-refractivity contribution in [3.63, 3.8) is 0 Å². The molecule has 15 heavy (non-hydrogen) atoms. The quantitative estimate of drug-likeness (QED) is 0.841. The Morgan fingerprint density at radius 2 is 2.33 bits per heavy atom. The van der Waals surface area contributed by atoms with Gasteiger partial charge in [0.25, 0.3) is 0 Å². The summed E-state index contributed by atoms with van der Waals surface area (Å²) < 4.78 is 0.943. The summed E-state index contributed by atoms with van der Waals surface area (Å²) in [4.78, 5) is 16.0. The molecule has 1 aliphatic carbocycles. The van der Waals surface area contributed by atoms with E-state index in [4.69, 9.17) is 0 Å². The van der Waals surface area contributed by atoms with Crippen LogP contribution in [-0.4, -0.2) is 10.8 Å². The number of hydrogen-bond donors (Lipinski definition) is 0. The number of Topliss-reactive ketones (excluding diaryl/α,β-unsaturated/α-hetero) is 1. The van der Waals surface area contributed by atoms with Crippen molar-refractivity contribution in [1.29, 1.82) is 0 Å². The molecule has 0 spiro atoms. The number of halogens is 1. The standard InChI is InChI=1S/C12H12BrNO/c13-10-5-6-11(14-8-10)7-12(15)9-3-1-2-4-9/h3,5-6,8H,1-2,4,7H2. The lowest BCUT2D eigenvalue weighted by Crippen LogP contribution is -2.06. The summed E-state index contributed by atoms with van der Waals surface area (Å²) >= 11 is 3.32. The van der Waals surface area contributed by atoms with Gasteiger partial charge in [0.2, 0.25) is 0 Å². The van der Waals surface area contributed by atoms with Gasteiger partial charge in [-0.1, -0.05) is 6.08 Å². The fourth-order valence-corrected chi connectivity index (χ4v) is 1.95. The van der Waals surface area contributed by atoms with Crippen LogP contribution in [0.2, 0.25) is 0 Å². The van der Waals surface area contributed by atoms with Crippen LogP contribution in [0.3, 0.4) is 0 Å². The van der Waals surface area contributed by atoms with Crippen LogP contribution in [0.25, 0.3) is 0 Å². The molecule has 1 heterocycles. The molecule has 0 unspecified atom stereocenters. The number of carbonyl (C=O) groups excluding carboxylic acids is 1. The maximum Gasteiger partial charge on any atom is 0.164 e. The molecule has 0 atom stereocenters. The van der Waals surface area contributed by atoms with Crippen LogP contribution in [0.15, 0.2) is 34.5 Å². The van der Waals surface area contributed by atoms with E-state index < -0.39 is 0 Å². The normalized spacial score (nSPS) is 15.1. The summed E-state index contributed by atoms with van der Waals surface area (Å²) in [5.74, 6) is 0.224. The molecule has 1 aliphatic rings. The molecule has 0 aromatic carbocycles. The Bertz CT molecular complexity index is 395.